The molecule has 1 aliphatic heterocycles. The number of nitrogens with zero attached hydrogens (tertiary/aromatic N) is 1. The highest BCUT2D eigenvalue weighted by Gasteiger charge is 2.44. The SMILES string of the molecule is CCNC(=O)ON1C(C)(C)CCCC1(C)C. The van der Waals surface area contributed by atoms with Gasteiger partial charge in [0.25, 0.3) is 0 Å². The number of rotatable bonds is 2. The van der Waals surface area contributed by atoms with Crippen LogP contribution in [0.2, 0.25) is 0 Å². The monoisotopic (exact) mass is 228 g/mol. The van der Waals surface area contributed by atoms with Gasteiger partial charge in [0, 0.05) is 6.54 Å². The lowest BCUT2D eigenvalue weighted by atomic mass is 9.82. The maximum atomic E-state index is 11.5. The second kappa shape index (κ2) is 4.62. The molecule has 0 aromatic carbocycles. The van der Waals surface area contributed by atoms with Crippen molar-refractivity contribution >= 4 is 6.09 Å². The van der Waals surface area contributed by atoms with Gasteiger partial charge < -0.3 is 10.2 Å². The second-order valence-corrected chi connectivity index (χ2v) is 5.68. The van der Waals surface area contributed by atoms with Crippen LogP contribution in [0.25, 0.3) is 0 Å². The van der Waals surface area contributed by atoms with Gasteiger partial charge in [0.15, 0.2) is 0 Å². The zero-order valence-corrected chi connectivity index (χ0v) is 11.1. The molecule has 1 N–H and O–H groups in total. The van der Waals surface area contributed by atoms with E-state index in [1.54, 1.807) is 0 Å². The summed E-state index contributed by atoms with van der Waals surface area (Å²) in [6, 6.07) is 0. The van der Waals surface area contributed by atoms with Crippen molar-refractivity contribution < 1.29 is 9.63 Å². The van der Waals surface area contributed by atoms with Crippen molar-refractivity contribution in [2.75, 3.05) is 6.54 Å². The Kier molecular flexibility index (Phi) is 3.84. The summed E-state index contributed by atoms with van der Waals surface area (Å²) in [6.45, 7) is 10.9. The minimum atomic E-state index is -0.356. The Labute approximate surface area is 98.3 Å². The van der Waals surface area contributed by atoms with E-state index in [9.17, 15) is 4.79 Å². The summed E-state index contributed by atoms with van der Waals surface area (Å²) in [7, 11) is 0. The predicted octanol–water partition coefficient (Wildman–Crippen LogP) is 2.69. The van der Waals surface area contributed by atoms with Crippen LogP contribution in [0.1, 0.15) is 53.9 Å². The van der Waals surface area contributed by atoms with Gasteiger partial charge in [-0.05, 0) is 53.9 Å². The van der Waals surface area contributed by atoms with Crippen molar-refractivity contribution in [3.63, 3.8) is 0 Å². The quantitative estimate of drug-likeness (QED) is 0.790. The smallest absolute Gasteiger partial charge is 0.350 e. The van der Waals surface area contributed by atoms with Crippen molar-refractivity contribution in [3.05, 3.63) is 0 Å². The topological polar surface area (TPSA) is 41.6 Å². The lowest BCUT2D eigenvalue weighted by molar-refractivity contribution is -0.239. The van der Waals surface area contributed by atoms with Crippen molar-refractivity contribution in [2.45, 2.75) is 65.0 Å². The van der Waals surface area contributed by atoms with E-state index in [1.807, 2.05) is 12.0 Å². The summed E-state index contributed by atoms with van der Waals surface area (Å²) in [5.74, 6) is 0. The molecule has 0 radical (unpaired) electrons. The number of hydrogen-bond donors (Lipinski definition) is 1. The van der Waals surface area contributed by atoms with Gasteiger partial charge >= 0.3 is 6.09 Å². The summed E-state index contributed by atoms with van der Waals surface area (Å²) in [6.07, 6.45) is 2.92. The van der Waals surface area contributed by atoms with Gasteiger partial charge in [0.2, 0.25) is 0 Å². The lowest BCUT2D eigenvalue weighted by Gasteiger charge is -2.50. The first kappa shape index (κ1) is 13.3. The molecule has 1 rings (SSSR count). The number of amides is 1. The van der Waals surface area contributed by atoms with Crippen LogP contribution in [-0.4, -0.2) is 28.8 Å². The molecule has 1 saturated heterocycles. The van der Waals surface area contributed by atoms with E-state index in [4.69, 9.17) is 4.84 Å². The highest BCUT2D eigenvalue weighted by atomic mass is 16.7. The number of hydroxylamine groups is 2. The predicted molar refractivity (Wildman–Crippen MR) is 64.0 cm³/mol. The average molecular weight is 228 g/mol. The fourth-order valence-corrected chi connectivity index (χ4v) is 2.48. The molecule has 0 bridgehead atoms. The van der Waals surface area contributed by atoms with E-state index in [0.29, 0.717) is 6.54 Å². The molecule has 4 heteroatoms. The Morgan fingerprint density at radius 2 is 1.75 bits per heavy atom. The van der Waals surface area contributed by atoms with Gasteiger partial charge in [-0.2, -0.15) is 0 Å². The average Bonchev–Trinajstić information content (AvgIpc) is 2.11. The van der Waals surface area contributed by atoms with Crippen molar-refractivity contribution in [3.8, 4) is 0 Å². The first-order valence-electron chi connectivity index (χ1n) is 6.06. The van der Waals surface area contributed by atoms with Crippen LogP contribution in [0.5, 0.6) is 0 Å². The van der Waals surface area contributed by atoms with Crippen molar-refractivity contribution in [1.29, 1.82) is 0 Å². The first-order chi connectivity index (χ1) is 7.29. The molecule has 94 valence electrons. The Morgan fingerprint density at radius 3 is 2.19 bits per heavy atom. The number of nitrogens with one attached hydrogen (secondary N) is 1. The van der Waals surface area contributed by atoms with Gasteiger partial charge in [-0.25, -0.2) is 4.79 Å². The van der Waals surface area contributed by atoms with E-state index >= 15 is 0 Å². The van der Waals surface area contributed by atoms with Crippen LogP contribution in [0.3, 0.4) is 0 Å². The maximum absolute atomic E-state index is 11.5. The zero-order chi connectivity index (χ0) is 12.4. The maximum Gasteiger partial charge on any atom is 0.426 e. The molecule has 16 heavy (non-hydrogen) atoms. The molecule has 1 heterocycles. The number of carbonyl (C=O) groups is 1. The van der Waals surface area contributed by atoms with Crippen molar-refractivity contribution in [1.82, 2.24) is 10.4 Å². The molecule has 0 aromatic heterocycles. The van der Waals surface area contributed by atoms with Crippen molar-refractivity contribution in [2.24, 2.45) is 0 Å². The molecule has 1 aliphatic rings. The van der Waals surface area contributed by atoms with Gasteiger partial charge in [-0.15, -0.1) is 5.06 Å². The third-order valence-electron chi connectivity index (χ3n) is 3.17. The molecule has 4 nitrogen and oxygen atoms in total. The number of piperidine rings is 1. The summed E-state index contributed by atoms with van der Waals surface area (Å²) >= 11 is 0. The highest BCUT2D eigenvalue weighted by molar-refractivity contribution is 5.66. The first-order valence-corrected chi connectivity index (χ1v) is 6.06. The third-order valence-corrected chi connectivity index (χ3v) is 3.17. The van der Waals surface area contributed by atoms with Crippen LogP contribution >= 0.6 is 0 Å². The molecule has 0 atom stereocenters. The second-order valence-electron chi connectivity index (χ2n) is 5.68. The van der Waals surface area contributed by atoms with Crippen LogP contribution in [0.15, 0.2) is 0 Å². The molecule has 1 amide bonds. The van der Waals surface area contributed by atoms with Crippen LogP contribution in [0.4, 0.5) is 4.79 Å². The molecule has 0 unspecified atom stereocenters. The zero-order valence-electron chi connectivity index (χ0n) is 11.1. The van der Waals surface area contributed by atoms with E-state index in [1.165, 1.54) is 6.42 Å². The normalized spacial score (nSPS) is 23.8. The third kappa shape index (κ3) is 2.88. The molecular formula is C12H24N2O2. The summed E-state index contributed by atoms with van der Waals surface area (Å²) in [5.41, 5.74) is -0.181. The Hall–Kier alpha value is -0.770. The number of hydrogen-bond acceptors (Lipinski definition) is 3. The largest absolute Gasteiger partial charge is 0.426 e. The number of carbonyl (C=O) groups excluding carboxylic acids is 1. The minimum Gasteiger partial charge on any atom is -0.350 e. The molecule has 0 aromatic rings. The van der Waals surface area contributed by atoms with Crippen LogP contribution in [-0.2, 0) is 4.84 Å². The van der Waals surface area contributed by atoms with E-state index in [-0.39, 0.29) is 17.2 Å². The molecule has 0 saturated carbocycles. The van der Waals surface area contributed by atoms with Gasteiger partial charge in [0.05, 0.1) is 11.1 Å². The van der Waals surface area contributed by atoms with Gasteiger partial charge in [-0.3, -0.25) is 0 Å². The van der Waals surface area contributed by atoms with E-state index in [0.717, 1.165) is 12.8 Å². The minimum absolute atomic E-state index is 0.0904. The highest BCUT2D eigenvalue weighted by Crippen LogP contribution is 2.38. The van der Waals surface area contributed by atoms with Crippen LogP contribution in [0, 0.1) is 0 Å². The Bertz CT molecular complexity index is 246. The summed E-state index contributed by atoms with van der Waals surface area (Å²) in [5, 5.41) is 4.52. The standard InChI is InChI=1S/C12H24N2O2/c1-6-13-10(15)16-14-11(2,3)8-7-9-12(14,4)5/h6-9H2,1-5H3,(H,13,15). The fraction of sp³-hybridized carbons (Fsp3) is 0.917. The Balaban J connectivity index is 2.75. The van der Waals surface area contributed by atoms with Gasteiger partial charge in [-0.1, -0.05) is 0 Å². The van der Waals surface area contributed by atoms with Crippen LogP contribution < -0.4 is 5.32 Å². The molecule has 0 spiro atoms. The fourth-order valence-electron chi connectivity index (χ4n) is 2.48. The van der Waals surface area contributed by atoms with Gasteiger partial charge in [0.1, 0.15) is 0 Å². The summed E-state index contributed by atoms with van der Waals surface area (Å²) < 4.78 is 0. The molecular weight excluding hydrogens is 204 g/mol. The Morgan fingerprint density at radius 1 is 1.25 bits per heavy atom. The summed E-state index contributed by atoms with van der Waals surface area (Å²) in [4.78, 5) is 17.0. The molecule has 0 aliphatic carbocycles. The molecule has 1 fully saturated rings. The lowest BCUT2D eigenvalue weighted by Crippen LogP contribution is -2.59. The van der Waals surface area contributed by atoms with E-state index < -0.39 is 0 Å². The van der Waals surface area contributed by atoms with E-state index in [2.05, 4.69) is 33.0 Å².